The highest BCUT2D eigenvalue weighted by molar-refractivity contribution is 5.66. The van der Waals surface area contributed by atoms with Gasteiger partial charge in [-0.25, -0.2) is 0 Å². The molecule has 0 amide bonds. The van der Waals surface area contributed by atoms with Crippen molar-refractivity contribution in [3.05, 3.63) is 11.6 Å². The van der Waals surface area contributed by atoms with Crippen LogP contribution < -0.4 is 0 Å². The lowest BCUT2D eigenvalue weighted by atomic mass is 9.45. The van der Waals surface area contributed by atoms with Crippen LogP contribution >= 0.6 is 0 Å². The number of carbonyl (C=O) groups excluding carboxylic acids is 1. The van der Waals surface area contributed by atoms with E-state index in [1.54, 1.807) is 0 Å². The second kappa shape index (κ2) is 8.02. The lowest BCUT2D eigenvalue weighted by Gasteiger charge is -2.61. The fourth-order valence-corrected chi connectivity index (χ4v) is 6.04. The predicted molar refractivity (Wildman–Crippen MR) is 104 cm³/mol. The van der Waals surface area contributed by atoms with Crippen LogP contribution in [0.25, 0.3) is 0 Å². The maximum Gasteiger partial charge on any atom is 0.302 e. The number of fused-ring (bicyclic) bond motifs is 1. The monoisotopic (exact) mass is 366 g/mol. The molecule has 0 saturated heterocycles. The van der Waals surface area contributed by atoms with Gasteiger partial charge in [0.25, 0.3) is 0 Å². The minimum atomic E-state index is -0.658. The SMILES string of the molecule is CC(=O)OCC=C(C)CCC1C(C)(O)CCC2C(C)(CO)CCCC12C. The first-order chi connectivity index (χ1) is 12.0. The summed E-state index contributed by atoms with van der Waals surface area (Å²) in [6.45, 7) is 10.6. The average molecular weight is 367 g/mol. The maximum absolute atomic E-state index is 11.2. The first kappa shape index (κ1) is 21.4. The molecule has 0 bridgehead atoms. The zero-order chi connectivity index (χ0) is 19.6. The zero-order valence-electron chi connectivity index (χ0n) is 17.3. The predicted octanol–water partition coefficient (Wildman–Crippen LogP) is 4.24. The van der Waals surface area contributed by atoms with E-state index >= 15 is 0 Å². The van der Waals surface area contributed by atoms with Gasteiger partial charge in [-0.2, -0.15) is 0 Å². The Kier molecular flexibility index (Phi) is 6.61. The van der Waals surface area contributed by atoms with Gasteiger partial charge in [-0.3, -0.25) is 4.79 Å². The summed E-state index contributed by atoms with van der Waals surface area (Å²) >= 11 is 0. The number of rotatable bonds is 6. The Morgan fingerprint density at radius 3 is 2.50 bits per heavy atom. The third kappa shape index (κ3) is 4.33. The Morgan fingerprint density at radius 1 is 1.19 bits per heavy atom. The summed E-state index contributed by atoms with van der Waals surface area (Å²) in [6.07, 6.45) is 8.95. The molecule has 5 atom stereocenters. The second-order valence-corrected chi connectivity index (χ2v) is 9.56. The number of ether oxygens (including phenoxy) is 1. The van der Waals surface area contributed by atoms with Gasteiger partial charge in [0.05, 0.1) is 5.60 Å². The Labute approximate surface area is 159 Å². The highest BCUT2D eigenvalue weighted by atomic mass is 16.5. The fraction of sp³-hybridized carbons (Fsp3) is 0.864. The highest BCUT2D eigenvalue weighted by Crippen LogP contribution is 2.63. The van der Waals surface area contributed by atoms with Crippen molar-refractivity contribution >= 4 is 5.97 Å². The summed E-state index contributed by atoms with van der Waals surface area (Å²) < 4.78 is 5.00. The van der Waals surface area contributed by atoms with Crippen molar-refractivity contribution < 1.29 is 19.7 Å². The van der Waals surface area contributed by atoms with Crippen molar-refractivity contribution in [2.45, 2.75) is 85.2 Å². The third-order valence-corrected chi connectivity index (χ3v) is 7.49. The van der Waals surface area contributed by atoms with Gasteiger partial charge in [0.15, 0.2) is 0 Å². The van der Waals surface area contributed by atoms with E-state index in [0.717, 1.165) is 44.9 Å². The molecule has 2 aliphatic carbocycles. The molecule has 0 radical (unpaired) electrons. The largest absolute Gasteiger partial charge is 0.462 e. The van der Waals surface area contributed by atoms with Crippen LogP contribution in [0.15, 0.2) is 11.6 Å². The van der Waals surface area contributed by atoms with Gasteiger partial charge in [0.2, 0.25) is 0 Å². The summed E-state index contributed by atoms with van der Waals surface area (Å²) in [7, 11) is 0. The van der Waals surface area contributed by atoms with E-state index in [9.17, 15) is 15.0 Å². The molecule has 2 aliphatic rings. The molecule has 0 heterocycles. The van der Waals surface area contributed by atoms with Gasteiger partial charge in [-0.05, 0) is 81.1 Å². The normalized spacial score (nSPS) is 40.8. The number of esters is 1. The quantitative estimate of drug-likeness (QED) is 0.545. The third-order valence-electron chi connectivity index (χ3n) is 7.49. The molecule has 150 valence electrons. The smallest absolute Gasteiger partial charge is 0.302 e. The molecule has 0 aliphatic heterocycles. The van der Waals surface area contributed by atoms with E-state index in [1.165, 1.54) is 12.5 Å². The first-order valence-corrected chi connectivity index (χ1v) is 10.2. The zero-order valence-corrected chi connectivity index (χ0v) is 17.3. The van der Waals surface area contributed by atoms with Gasteiger partial charge >= 0.3 is 5.97 Å². The average Bonchev–Trinajstić information content (AvgIpc) is 2.53. The summed E-state index contributed by atoms with van der Waals surface area (Å²) in [5.41, 5.74) is 0.582. The molecular weight excluding hydrogens is 328 g/mol. The number of hydrogen-bond donors (Lipinski definition) is 2. The summed E-state index contributed by atoms with van der Waals surface area (Å²) in [5, 5.41) is 21.3. The van der Waals surface area contributed by atoms with Crippen LogP contribution in [-0.4, -0.2) is 35.0 Å². The molecule has 0 aromatic heterocycles. The summed E-state index contributed by atoms with van der Waals surface area (Å²) in [5.74, 6) is 0.423. The molecule has 2 saturated carbocycles. The van der Waals surface area contributed by atoms with E-state index in [2.05, 4.69) is 20.8 Å². The maximum atomic E-state index is 11.2. The second-order valence-electron chi connectivity index (χ2n) is 9.56. The molecule has 4 heteroatoms. The summed E-state index contributed by atoms with van der Waals surface area (Å²) in [6, 6.07) is 0. The van der Waals surface area contributed by atoms with Crippen molar-refractivity contribution in [3.8, 4) is 0 Å². The molecule has 0 aromatic rings. The fourth-order valence-electron chi connectivity index (χ4n) is 6.04. The van der Waals surface area contributed by atoms with Gasteiger partial charge in [0.1, 0.15) is 6.61 Å². The molecular formula is C22H38O4. The van der Waals surface area contributed by atoms with Crippen LogP contribution in [0, 0.1) is 22.7 Å². The standard InChI is InChI=1S/C22H38O4/c1-16(10-14-26-17(2)24)7-8-19-21(4)12-6-11-20(3,15-23)18(21)9-13-22(19,5)25/h10,18-19,23,25H,6-9,11-15H2,1-5H3. The van der Waals surface area contributed by atoms with Crippen LogP contribution in [0.1, 0.15) is 79.6 Å². The van der Waals surface area contributed by atoms with Crippen molar-refractivity contribution in [2.24, 2.45) is 22.7 Å². The Bertz CT molecular complexity index is 538. The van der Waals surface area contributed by atoms with Gasteiger partial charge in [0, 0.05) is 13.5 Å². The number of hydrogen-bond acceptors (Lipinski definition) is 4. The van der Waals surface area contributed by atoms with Crippen molar-refractivity contribution in [2.75, 3.05) is 13.2 Å². The number of aliphatic hydroxyl groups excluding tert-OH is 1. The van der Waals surface area contributed by atoms with E-state index in [0.29, 0.717) is 12.5 Å². The van der Waals surface area contributed by atoms with Crippen LogP contribution in [0.2, 0.25) is 0 Å². The van der Waals surface area contributed by atoms with Gasteiger partial charge in [-0.1, -0.05) is 25.8 Å². The van der Waals surface area contributed by atoms with Crippen LogP contribution in [0.4, 0.5) is 0 Å². The van der Waals surface area contributed by atoms with Crippen molar-refractivity contribution in [1.29, 1.82) is 0 Å². The van der Waals surface area contributed by atoms with Crippen LogP contribution in [-0.2, 0) is 9.53 Å². The minimum Gasteiger partial charge on any atom is -0.462 e. The Hall–Kier alpha value is -0.870. The molecule has 0 spiro atoms. The molecule has 0 aromatic carbocycles. The van der Waals surface area contributed by atoms with Gasteiger partial charge in [-0.15, -0.1) is 0 Å². The van der Waals surface area contributed by atoms with Crippen molar-refractivity contribution in [1.82, 2.24) is 0 Å². The molecule has 2 rings (SSSR count). The first-order valence-electron chi connectivity index (χ1n) is 10.2. The van der Waals surface area contributed by atoms with Crippen LogP contribution in [0.5, 0.6) is 0 Å². The lowest BCUT2D eigenvalue weighted by molar-refractivity contribution is -0.179. The Balaban J connectivity index is 2.14. The number of allylic oxidation sites excluding steroid dienone is 1. The minimum absolute atomic E-state index is 0.0258. The molecule has 2 N–H and O–H groups in total. The van der Waals surface area contributed by atoms with Crippen molar-refractivity contribution in [3.63, 3.8) is 0 Å². The summed E-state index contributed by atoms with van der Waals surface area (Å²) in [4.78, 5) is 10.9. The lowest BCUT2D eigenvalue weighted by Crippen LogP contribution is -2.58. The highest BCUT2D eigenvalue weighted by Gasteiger charge is 2.58. The molecule has 4 nitrogen and oxygen atoms in total. The number of carbonyl (C=O) groups is 1. The van der Waals surface area contributed by atoms with Gasteiger partial charge < -0.3 is 14.9 Å². The Morgan fingerprint density at radius 2 is 1.88 bits per heavy atom. The molecule has 26 heavy (non-hydrogen) atoms. The number of aliphatic hydroxyl groups is 2. The van der Waals surface area contributed by atoms with E-state index in [-0.39, 0.29) is 29.3 Å². The topological polar surface area (TPSA) is 66.8 Å². The van der Waals surface area contributed by atoms with E-state index in [4.69, 9.17) is 4.74 Å². The van der Waals surface area contributed by atoms with Crippen LogP contribution in [0.3, 0.4) is 0 Å². The van der Waals surface area contributed by atoms with E-state index in [1.807, 2.05) is 13.0 Å². The molecule has 5 unspecified atom stereocenters. The van der Waals surface area contributed by atoms with E-state index < -0.39 is 5.60 Å². The molecule has 2 fully saturated rings.